The Balaban J connectivity index is 0.00000300. The molecule has 0 amide bonds. The van der Waals surface area contributed by atoms with E-state index in [-0.39, 0.29) is 24.0 Å². The van der Waals surface area contributed by atoms with E-state index in [9.17, 15) is 0 Å². The highest BCUT2D eigenvalue weighted by molar-refractivity contribution is 14.0. The van der Waals surface area contributed by atoms with Crippen LogP contribution in [-0.2, 0) is 6.54 Å². The molecular formula is C21H30BrIN6. The minimum atomic E-state index is 0. The Morgan fingerprint density at radius 2 is 2.00 bits per heavy atom. The van der Waals surface area contributed by atoms with Gasteiger partial charge in [-0.2, -0.15) is 0 Å². The van der Waals surface area contributed by atoms with Crippen LogP contribution < -0.4 is 20.4 Å². The van der Waals surface area contributed by atoms with Gasteiger partial charge in [-0.05, 0) is 49.7 Å². The van der Waals surface area contributed by atoms with Crippen LogP contribution in [0, 0.1) is 0 Å². The average Bonchev–Trinajstić information content (AvgIpc) is 3.15. The summed E-state index contributed by atoms with van der Waals surface area (Å²) in [6, 6.07) is 14.9. The number of nitrogens with one attached hydrogen (secondary N) is 2. The highest BCUT2D eigenvalue weighted by Crippen LogP contribution is 2.22. The van der Waals surface area contributed by atoms with Crippen LogP contribution in [0.3, 0.4) is 0 Å². The maximum absolute atomic E-state index is 4.75. The smallest absolute Gasteiger partial charge is 0.191 e. The molecule has 1 aromatic carbocycles. The van der Waals surface area contributed by atoms with E-state index in [1.807, 2.05) is 37.2 Å². The Hall–Kier alpha value is -1.55. The first-order valence-corrected chi connectivity index (χ1v) is 10.5. The summed E-state index contributed by atoms with van der Waals surface area (Å²) in [7, 11) is 4.00. The lowest BCUT2D eigenvalue weighted by molar-refractivity contribution is 0.648. The molecule has 6 nitrogen and oxygen atoms in total. The molecule has 1 unspecified atom stereocenters. The molecule has 1 fully saturated rings. The van der Waals surface area contributed by atoms with Crippen LogP contribution in [0.1, 0.15) is 19.0 Å². The SMILES string of the molecule is CCNC(=NCc1cccc(N(C)C)n1)NC1CCN(c2ccc(Br)cc2)C1.I. The van der Waals surface area contributed by atoms with Gasteiger partial charge in [0.15, 0.2) is 5.96 Å². The number of guanidine groups is 1. The van der Waals surface area contributed by atoms with Crippen molar-refractivity contribution < 1.29 is 0 Å². The molecule has 1 aromatic heterocycles. The van der Waals surface area contributed by atoms with Crippen LogP contribution in [0.2, 0.25) is 0 Å². The summed E-state index contributed by atoms with van der Waals surface area (Å²) in [6.45, 7) is 5.50. The topological polar surface area (TPSA) is 55.8 Å². The third-order valence-corrected chi connectivity index (χ3v) is 5.24. The van der Waals surface area contributed by atoms with Crippen molar-refractivity contribution in [2.75, 3.05) is 43.5 Å². The van der Waals surface area contributed by atoms with E-state index in [4.69, 9.17) is 4.99 Å². The van der Waals surface area contributed by atoms with E-state index < -0.39 is 0 Å². The Bertz CT molecular complexity index is 796. The maximum atomic E-state index is 4.75. The molecule has 0 aliphatic carbocycles. The fourth-order valence-electron chi connectivity index (χ4n) is 3.24. The van der Waals surface area contributed by atoms with Gasteiger partial charge >= 0.3 is 0 Å². The Kier molecular flexibility index (Phi) is 9.48. The second kappa shape index (κ2) is 11.6. The van der Waals surface area contributed by atoms with E-state index in [1.54, 1.807) is 0 Å². The zero-order chi connectivity index (χ0) is 19.9. The number of aliphatic imine (C=N–C) groups is 1. The van der Waals surface area contributed by atoms with Gasteiger partial charge in [0.1, 0.15) is 5.82 Å². The van der Waals surface area contributed by atoms with E-state index in [0.717, 1.165) is 48.0 Å². The van der Waals surface area contributed by atoms with Crippen molar-refractivity contribution in [1.82, 2.24) is 15.6 Å². The van der Waals surface area contributed by atoms with Crippen molar-refractivity contribution in [3.05, 3.63) is 52.6 Å². The summed E-state index contributed by atoms with van der Waals surface area (Å²) < 4.78 is 1.11. The van der Waals surface area contributed by atoms with Crippen molar-refractivity contribution in [2.45, 2.75) is 25.9 Å². The summed E-state index contributed by atoms with van der Waals surface area (Å²) in [5.41, 5.74) is 2.23. The lowest BCUT2D eigenvalue weighted by atomic mass is 10.2. The van der Waals surface area contributed by atoms with Crippen LogP contribution in [0.15, 0.2) is 51.9 Å². The van der Waals surface area contributed by atoms with Crippen LogP contribution in [-0.4, -0.2) is 50.7 Å². The van der Waals surface area contributed by atoms with Gasteiger partial charge in [-0.25, -0.2) is 9.98 Å². The monoisotopic (exact) mass is 572 g/mol. The molecule has 0 saturated carbocycles. The molecular weight excluding hydrogens is 543 g/mol. The van der Waals surface area contributed by atoms with E-state index in [1.165, 1.54) is 5.69 Å². The van der Waals surface area contributed by atoms with Crippen LogP contribution in [0.25, 0.3) is 0 Å². The summed E-state index contributed by atoms with van der Waals surface area (Å²) in [5, 5.41) is 6.94. The number of nitrogens with zero attached hydrogens (tertiary/aromatic N) is 4. The van der Waals surface area contributed by atoms with Gasteiger partial charge in [-0.15, -0.1) is 24.0 Å². The molecule has 1 saturated heterocycles. The molecule has 29 heavy (non-hydrogen) atoms. The molecule has 158 valence electrons. The van der Waals surface area contributed by atoms with Gasteiger partial charge in [0.2, 0.25) is 0 Å². The minimum Gasteiger partial charge on any atom is -0.369 e. The molecule has 0 spiro atoms. The van der Waals surface area contributed by atoms with Gasteiger partial charge in [-0.1, -0.05) is 22.0 Å². The molecule has 2 heterocycles. The zero-order valence-corrected chi connectivity index (χ0v) is 21.1. The number of halogens is 2. The van der Waals surface area contributed by atoms with E-state index in [0.29, 0.717) is 12.6 Å². The quantitative estimate of drug-likeness (QED) is 0.313. The second-order valence-corrected chi connectivity index (χ2v) is 8.04. The normalized spacial score (nSPS) is 16.3. The molecule has 2 aromatic rings. The molecule has 1 aliphatic rings. The third kappa shape index (κ3) is 7.02. The average molecular weight is 573 g/mol. The number of aromatic nitrogens is 1. The molecule has 8 heteroatoms. The summed E-state index contributed by atoms with van der Waals surface area (Å²) in [4.78, 5) is 13.8. The van der Waals surface area contributed by atoms with E-state index in [2.05, 4.69) is 67.6 Å². The molecule has 2 N–H and O–H groups in total. The predicted octanol–water partition coefficient (Wildman–Crippen LogP) is 3.86. The molecule has 1 atom stereocenters. The number of pyridine rings is 1. The van der Waals surface area contributed by atoms with Crippen molar-refractivity contribution in [3.63, 3.8) is 0 Å². The van der Waals surface area contributed by atoms with Gasteiger partial charge in [0.25, 0.3) is 0 Å². The van der Waals surface area contributed by atoms with Crippen molar-refractivity contribution >= 4 is 57.4 Å². The number of hydrogen-bond donors (Lipinski definition) is 2. The maximum Gasteiger partial charge on any atom is 0.191 e. The van der Waals surface area contributed by atoms with Gasteiger partial charge < -0.3 is 20.4 Å². The summed E-state index contributed by atoms with van der Waals surface area (Å²) in [6.07, 6.45) is 1.09. The first-order chi connectivity index (χ1) is 13.5. The number of anilines is 2. The number of hydrogen-bond acceptors (Lipinski definition) is 4. The molecule has 0 bridgehead atoms. The Morgan fingerprint density at radius 3 is 2.69 bits per heavy atom. The fraction of sp³-hybridized carbons (Fsp3) is 0.429. The summed E-state index contributed by atoms with van der Waals surface area (Å²) >= 11 is 3.50. The fourth-order valence-corrected chi connectivity index (χ4v) is 3.51. The third-order valence-electron chi connectivity index (χ3n) is 4.71. The molecule has 0 radical (unpaired) electrons. The minimum absolute atomic E-state index is 0. The number of rotatable bonds is 6. The highest BCUT2D eigenvalue weighted by atomic mass is 127. The first-order valence-electron chi connectivity index (χ1n) is 9.73. The molecule has 3 rings (SSSR count). The summed E-state index contributed by atoms with van der Waals surface area (Å²) in [5.74, 6) is 1.80. The van der Waals surface area contributed by atoms with Crippen LogP contribution in [0.5, 0.6) is 0 Å². The van der Waals surface area contributed by atoms with Gasteiger partial charge in [-0.3, -0.25) is 0 Å². The van der Waals surface area contributed by atoms with Gasteiger partial charge in [0.05, 0.1) is 12.2 Å². The number of benzene rings is 1. The largest absolute Gasteiger partial charge is 0.369 e. The molecule has 1 aliphatic heterocycles. The standard InChI is InChI=1S/C21H29BrN6.HI/c1-4-23-21(24-14-17-6-5-7-20(25-17)27(2)3)26-18-12-13-28(15-18)19-10-8-16(22)9-11-19;/h5-11,18H,4,12-15H2,1-3H3,(H2,23,24,26);1H. The zero-order valence-electron chi connectivity index (χ0n) is 17.2. The van der Waals surface area contributed by atoms with Crippen molar-refractivity contribution in [1.29, 1.82) is 0 Å². The Labute approximate surface area is 199 Å². The van der Waals surface area contributed by atoms with Crippen LogP contribution >= 0.6 is 39.9 Å². The highest BCUT2D eigenvalue weighted by Gasteiger charge is 2.23. The lowest BCUT2D eigenvalue weighted by Crippen LogP contribution is -2.44. The first kappa shape index (κ1) is 23.7. The Morgan fingerprint density at radius 1 is 1.24 bits per heavy atom. The van der Waals surface area contributed by atoms with Crippen molar-refractivity contribution in [3.8, 4) is 0 Å². The predicted molar refractivity (Wildman–Crippen MR) is 137 cm³/mol. The second-order valence-electron chi connectivity index (χ2n) is 7.13. The van der Waals surface area contributed by atoms with Crippen molar-refractivity contribution in [2.24, 2.45) is 4.99 Å². The van der Waals surface area contributed by atoms with Gasteiger partial charge in [0, 0.05) is 49.9 Å². The van der Waals surface area contributed by atoms with E-state index >= 15 is 0 Å². The lowest BCUT2D eigenvalue weighted by Gasteiger charge is -2.20. The van der Waals surface area contributed by atoms with Crippen LogP contribution in [0.4, 0.5) is 11.5 Å².